The fourth-order valence-electron chi connectivity index (χ4n) is 2.25. The highest BCUT2D eigenvalue weighted by Crippen LogP contribution is 2.36. The number of nitrogens with two attached hydrogens (primary N) is 1. The van der Waals surface area contributed by atoms with Crippen LogP contribution in [0.5, 0.6) is 5.75 Å². The molecule has 1 heterocycles. The molecule has 4 nitrogen and oxygen atoms in total. The van der Waals surface area contributed by atoms with E-state index < -0.39 is 0 Å². The average molecular weight is 391 g/mol. The summed E-state index contributed by atoms with van der Waals surface area (Å²) in [6.45, 7) is 0. The van der Waals surface area contributed by atoms with E-state index in [-0.39, 0.29) is 0 Å². The zero-order chi connectivity index (χ0) is 14.8. The summed E-state index contributed by atoms with van der Waals surface area (Å²) in [5, 5.41) is 7.18. The minimum atomic E-state index is 0.483. The number of H-pyrrole nitrogens is 1. The van der Waals surface area contributed by atoms with Gasteiger partial charge in [0.25, 0.3) is 0 Å². The Morgan fingerprint density at radius 1 is 1.10 bits per heavy atom. The molecule has 21 heavy (non-hydrogen) atoms. The minimum Gasteiger partial charge on any atom is -0.497 e. The molecule has 3 rings (SSSR count). The van der Waals surface area contributed by atoms with Crippen molar-refractivity contribution in [2.45, 2.75) is 0 Å². The van der Waals surface area contributed by atoms with Crippen LogP contribution < -0.4 is 10.5 Å². The van der Waals surface area contributed by atoms with E-state index in [2.05, 4.69) is 57.1 Å². The number of aromatic amines is 1. The van der Waals surface area contributed by atoms with E-state index in [1.165, 1.54) is 3.57 Å². The predicted molar refractivity (Wildman–Crippen MR) is 93.1 cm³/mol. The van der Waals surface area contributed by atoms with E-state index in [0.29, 0.717) is 5.82 Å². The smallest absolute Gasteiger partial charge is 0.153 e. The molecule has 0 radical (unpaired) electrons. The van der Waals surface area contributed by atoms with Gasteiger partial charge < -0.3 is 10.5 Å². The highest BCUT2D eigenvalue weighted by atomic mass is 127. The first kappa shape index (κ1) is 13.9. The standard InChI is InChI=1S/C16H14IN3O/c1-21-13-4-2-3-11(9-13)14-15(19-20-16(14)18)10-5-7-12(17)8-6-10/h2-9H,1H3,(H3,18,19,20). The number of anilines is 1. The summed E-state index contributed by atoms with van der Waals surface area (Å²) in [6.07, 6.45) is 0. The molecule has 0 saturated heterocycles. The summed E-state index contributed by atoms with van der Waals surface area (Å²) in [7, 11) is 1.65. The van der Waals surface area contributed by atoms with Crippen LogP contribution in [0.2, 0.25) is 0 Å². The van der Waals surface area contributed by atoms with Crippen LogP contribution in [-0.4, -0.2) is 17.3 Å². The molecule has 0 atom stereocenters. The number of nitrogens with zero attached hydrogens (tertiary/aromatic N) is 1. The van der Waals surface area contributed by atoms with E-state index in [1.54, 1.807) is 7.11 Å². The van der Waals surface area contributed by atoms with Gasteiger partial charge in [-0.15, -0.1) is 0 Å². The second kappa shape index (κ2) is 5.77. The summed E-state index contributed by atoms with van der Waals surface area (Å²) in [4.78, 5) is 0. The molecule has 0 aliphatic rings. The largest absolute Gasteiger partial charge is 0.497 e. The average Bonchev–Trinajstić information content (AvgIpc) is 2.90. The van der Waals surface area contributed by atoms with Crippen molar-refractivity contribution in [3.8, 4) is 28.1 Å². The Labute approximate surface area is 136 Å². The van der Waals surface area contributed by atoms with Crippen molar-refractivity contribution in [3.63, 3.8) is 0 Å². The van der Waals surface area contributed by atoms with Crippen LogP contribution in [0.15, 0.2) is 48.5 Å². The van der Waals surface area contributed by atoms with Crippen LogP contribution in [-0.2, 0) is 0 Å². The monoisotopic (exact) mass is 391 g/mol. The van der Waals surface area contributed by atoms with Gasteiger partial charge in [-0.05, 0) is 52.4 Å². The molecule has 0 aliphatic heterocycles. The van der Waals surface area contributed by atoms with E-state index in [4.69, 9.17) is 10.5 Å². The molecule has 1 aromatic heterocycles. The first-order valence-corrected chi connectivity index (χ1v) is 7.51. The first-order chi connectivity index (χ1) is 10.2. The Hall–Kier alpha value is -2.02. The quantitative estimate of drug-likeness (QED) is 0.665. The second-order valence-corrected chi connectivity index (χ2v) is 5.84. The number of rotatable bonds is 3. The van der Waals surface area contributed by atoms with Crippen LogP contribution in [0, 0.1) is 3.57 Å². The van der Waals surface area contributed by atoms with E-state index >= 15 is 0 Å². The SMILES string of the molecule is COc1cccc(-c2c(N)n[nH]c2-c2ccc(I)cc2)c1. The number of methoxy groups -OCH3 is 1. The summed E-state index contributed by atoms with van der Waals surface area (Å²) in [5.41, 5.74) is 9.89. The molecule has 2 aromatic carbocycles. The van der Waals surface area contributed by atoms with Gasteiger partial charge in [0.2, 0.25) is 0 Å². The Morgan fingerprint density at radius 2 is 1.86 bits per heavy atom. The molecule has 3 N–H and O–H groups in total. The van der Waals surface area contributed by atoms with Gasteiger partial charge in [0.15, 0.2) is 5.82 Å². The lowest BCUT2D eigenvalue weighted by molar-refractivity contribution is 0.415. The van der Waals surface area contributed by atoms with Gasteiger partial charge in [-0.2, -0.15) is 5.10 Å². The topological polar surface area (TPSA) is 63.9 Å². The zero-order valence-corrected chi connectivity index (χ0v) is 13.6. The summed E-state index contributed by atoms with van der Waals surface area (Å²) in [5.74, 6) is 1.28. The molecule has 0 amide bonds. The molecular weight excluding hydrogens is 377 g/mol. The van der Waals surface area contributed by atoms with Crippen molar-refractivity contribution < 1.29 is 4.74 Å². The maximum atomic E-state index is 6.05. The van der Waals surface area contributed by atoms with E-state index in [1.807, 2.05) is 24.3 Å². The minimum absolute atomic E-state index is 0.483. The molecule has 0 fully saturated rings. The number of nitrogen functional groups attached to an aromatic ring is 1. The molecule has 106 valence electrons. The zero-order valence-electron chi connectivity index (χ0n) is 11.4. The molecule has 0 saturated carbocycles. The van der Waals surface area contributed by atoms with Gasteiger partial charge in [-0.25, -0.2) is 0 Å². The number of hydrogen-bond acceptors (Lipinski definition) is 3. The van der Waals surface area contributed by atoms with Gasteiger partial charge in [0.1, 0.15) is 5.75 Å². The predicted octanol–water partition coefficient (Wildman–Crippen LogP) is 3.94. The normalized spacial score (nSPS) is 10.6. The molecule has 0 bridgehead atoms. The van der Waals surface area contributed by atoms with Crippen molar-refractivity contribution in [3.05, 3.63) is 52.1 Å². The van der Waals surface area contributed by atoms with Crippen LogP contribution in [0.1, 0.15) is 0 Å². The molecule has 5 heteroatoms. The summed E-state index contributed by atoms with van der Waals surface area (Å²) < 4.78 is 6.47. The maximum Gasteiger partial charge on any atom is 0.153 e. The molecule has 3 aromatic rings. The van der Waals surface area contributed by atoms with Gasteiger partial charge in [0, 0.05) is 9.13 Å². The molecule has 0 spiro atoms. The van der Waals surface area contributed by atoms with E-state index in [9.17, 15) is 0 Å². The third-order valence-electron chi connectivity index (χ3n) is 3.29. The third-order valence-corrected chi connectivity index (χ3v) is 4.00. The lowest BCUT2D eigenvalue weighted by Crippen LogP contribution is -1.90. The molecular formula is C16H14IN3O. The molecule has 0 unspecified atom stereocenters. The third kappa shape index (κ3) is 2.73. The highest BCUT2D eigenvalue weighted by Gasteiger charge is 2.15. The van der Waals surface area contributed by atoms with Gasteiger partial charge in [0.05, 0.1) is 18.4 Å². The number of halogens is 1. The lowest BCUT2D eigenvalue weighted by Gasteiger charge is -2.07. The van der Waals surface area contributed by atoms with Crippen LogP contribution >= 0.6 is 22.6 Å². The van der Waals surface area contributed by atoms with Crippen LogP contribution in [0.4, 0.5) is 5.82 Å². The fourth-order valence-corrected chi connectivity index (χ4v) is 2.61. The lowest BCUT2D eigenvalue weighted by atomic mass is 10.0. The molecule has 0 aliphatic carbocycles. The van der Waals surface area contributed by atoms with Crippen molar-refractivity contribution in [2.24, 2.45) is 0 Å². The van der Waals surface area contributed by atoms with Gasteiger partial charge >= 0.3 is 0 Å². The van der Waals surface area contributed by atoms with Crippen LogP contribution in [0.25, 0.3) is 22.4 Å². The fraction of sp³-hybridized carbons (Fsp3) is 0.0625. The number of benzene rings is 2. The van der Waals surface area contributed by atoms with Crippen molar-refractivity contribution in [1.29, 1.82) is 0 Å². The number of hydrogen-bond donors (Lipinski definition) is 2. The van der Waals surface area contributed by atoms with Crippen molar-refractivity contribution in [1.82, 2.24) is 10.2 Å². The Morgan fingerprint density at radius 3 is 2.57 bits per heavy atom. The number of nitrogens with one attached hydrogen (secondary N) is 1. The first-order valence-electron chi connectivity index (χ1n) is 6.43. The van der Waals surface area contributed by atoms with E-state index in [0.717, 1.165) is 28.1 Å². The van der Waals surface area contributed by atoms with Crippen molar-refractivity contribution in [2.75, 3.05) is 12.8 Å². The second-order valence-electron chi connectivity index (χ2n) is 4.60. The van der Waals surface area contributed by atoms with Crippen LogP contribution in [0.3, 0.4) is 0 Å². The van der Waals surface area contributed by atoms with Crippen molar-refractivity contribution >= 4 is 28.4 Å². The Kier molecular flexibility index (Phi) is 3.83. The highest BCUT2D eigenvalue weighted by molar-refractivity contribution is 14.1. The van der Waals surface area contributed by atoms with Gasteiger partial charge in [-0.1, -0.05) is 24.3 Å². The summed E-state index contributed by atoms with van der Waals surface area (Å²) >= 11 is 2.28. The number of ether oxygens (including phenoxy) is 1. The Bertz CT molecular complexity index is 765. The maximum absolute atomic E-state index is 6.05. The number of aromatic nitrogens is 2. The summed E-state index contributed by atoms with van der Waals surface area (Å²) in [6, 6.07) is 16.0. The Balaban J connectivity index is 2.14. The van der Waals surface area contributed by atoms with Gasteiger partial charge in [-0.3, -0.25) is 5.10 Å².